The Hall–Kier alpha value is -3.71. The lowest BCUT2D eigenvalue weighted by atomic mass is 10.1. The van der Waals surface area contributed by atoms with Gasteiger partial charge in [0.25, 0.3) is 5.91 Å². The number of halogens is 1. The number of carbonyl (C=O) groups excluding carboxylic acids is 2. The molecule has 35 heavy (non-hydrogen) atoms. The second-order valence-electron chi connectivity index (χ2n) is 8.16. The van der Waals surface area contributed by atoms with Gasteiger partial charge in [-0.05, 0) is 67.1 Å². The van der Waals surface area contributed by atoms with Crippen molar-refractivity contribution in [3.63, 3.8) is 0 Å². The highest BCUT2D eigenvalue weighted by atomic mass is 35.5. The van der Waals surface area contributed by atoms with Crippen LogP contribution in [-0.4, -0.2) is 49.5 Å². The first-order valence-electron chi connectivity index (χ1n) is 11.6. The van der Waals surface area contributed by atoms with Crippen LogP contribution in [0.1, 0.15) is 29.5 Å². The summed E-state index contributed by atoms with van der Waals surface area (Å²) in [5.74, 6) is 1.11. The standard InChI is InChI=1S/C27H28ClN3O4/c1-2-17-34-23-8-5-20(6-9-23)27(33)31-15-13-30(14-16-31)25-11-7-21(19-24(25)28)29-26(32)12-10-22-4-3-18-35-22/h3-12,18-19H,2,13-17H2,1H3,(H,29,32)/b12-10+. The highest BCUT2D eigenvalue weighted by Crippen LogP contribution is 2.30. The average molecular weight is 494 g/mol. The van der Waals surface area contributed by atoms with E-state index in [9.17, 15) is 9.59 Å². The molecular weight excluding hydrogens is 466 g/mol. The van der Waals surface area contributed by atoms with Crippen molar-refractivity contribution in [1.82, 2.24) is 4.90 Å². The molecule has 2 amide bonds. The number of nitrogens with one attached hydrogen (secondary N) is 1. The van der Waals surface area contributed by atoms with Crippen LogP contribution >= 0.6 is 11.6 Å². The van der Waals surface area contributed by atoms with Crippen molar-refractivity contribution in [2.24, 2.45) is 0 Å². The van der Waals surface area contributed by atoms with Gasteiger partial charge in [-0.2, -0.15) is 0 Å². The summed E-state index contributed by atoms with van der Waals surface area (Å²) in [6.07, 6.45) is 5.49. The molecule has 7 nitrogen and oxygen atoms in total. The van der Waals surface area contributed by atoms with Crippen LogP contribution in [0.3, 0.4) is 0 Å². The Labute approximate surface area is 209 Å². The van der Waals surface area contributed by atoms with E-state index in [2.05, 4.69) is 17.1 Å². The van der Waals surface area contributed by atoms with E-state index in [-0.39, 0.29) is 11.8 Å². The van der Waals surface area contributed by atoms with E-state index in [0.29, 0.717) is 54.8 Å². The Morgan fingerprint density at radius 1 is 1.09 bits per heavy atom. The maximum Gasteiger partial charge on any atom is 0.253 e. The molecule has 3 aromatic rings. The molecule has 0 radical (unpaired) electrons. The molecule has 1 N–H and O–H groups in total. The molecule has 1 aliphatic heterocycles. The van der Waals surface area contributed by atoms with E-state index >= 15 is 0 Å². The number of furan rings is 1. The predicted molar refractivity (Wildman–Crippen MR) is 138 cm³/mol. The molecule has 8 heteroatoms. The SMILES string of the molecule is CCCOc1ccc(C(=O)N2CCN(c3ccc(NC(=O)/C=C/c4ccco4)cc3Cl)CC2)cc1. The highest BCUT2D eigenvalue weighted by Gasteiger charge is 2.23. The molecule has 2 aromatic carbocycles. The first kappa shape index (κ1) is 24.4. The minimum atomic E-state index is -0.276. The van der Waals surface area contributed by atoms with Crippen molar-refractivity contribution in [2.75, 3.05) is 43.0 Å². The van der Waals surface area contributed by atoms with E-state index in [0.717, 1.165) is 17.9 Å². The number of carbonyl (C=O) groups is 2. The number of anilines is 2. The first-order valence-corrected chi connectivity index (χ1v) is 12.0. The summed E-state index contributed by atoms with van der Waals surface area (Å²) >= 11 is 6.53. The second-order valence-corrected chi connectivity index (χ2v) is 8.56. The van der Waals surface area contributed by atoms with Gasteiger partial charge in [-0.1, -0.05) is 18.5 Å². The summed E-state index contributed by atoms with van der Waals surface area (Å²) < 4.78 is 10.8. The zero-order valence-corrected chi connectivity index (χ0v) is 20.3. The maximum atomic E-state index is 12.9. The maximum absolute atomic E-state index is 12.9. The number of hydrogen-bond donors (Lipinski definition) is 1. The summed E-state index contributed by atoms with van der Waals surface area (Å²) in [4.78, 5) is 29.1. The molecule has 0 aliphatic carbocycles. The van der Waals surface area contributed by atoms with Gasteiger partial charge in [0, 0.05) is 43.5 Å². The summed E-state index contributed by atoms with van der Waals surface area (Å²) in [7, 11) is 0. The van der Waals surface area contributed by atoms with E-state index in [1.807, 2.05) is 41.3 Å². The average Bonchev–Trinajstić information content (AvgIpc) is 3.40. The molecule has 0 bridgehead atoms. The normalized spacial score (nSPS) is 13.8. The van der Waals surface area contributed by atoms with Crippen LogP contribution in [0.25, 0.3) is 6.08 Å². The molecule has 0 spiro atoms. The molecule has 0 atom stereocenters. The topological polar surface area (TPSA) is 75.0 Å². The number of ether oxygens (including phenoxy) is 1. The van der Waals surface area contributed by atoms with Crippen LogP contribution in [0.2, 0.25) is 5.02 Å². The number of hydrogen-bond acceptors (Lipinski definition) is 5. The van der Waals surface area contributed by atoms with Crippen molar-refractivity contribution < 1.29 is 18.7 Å². The fourth-order valence-electron chi connectivity index (χ4n) is 3.82. The number of piperazine rings is 1. The molecule has 0 saturated carbocycles. The van der Waals surface area contributed by atoms with E-state index in [4.69, 9.17) is 20.8 Å². The fraction of sp³-hybridized carbons (Fsp3) is 0.259. The lowest BCUT2D eigenvalue weighted by Crippen LogP contribution is -2.48. The van der Waals surface area contributed by atoms with Crippen molar-refractivity contribution in [1.29, 1.82) is 0 Å². The van der Waals surface area contributed by atoms with Crippen molar-refractivity contribution in [3.8, 4) is 5.75 Å². The number of amides is 2. The Balaban J connectivity index is 1.30. The van der Waals surface area contributed by atoms with Gasteiger partial charge in [-0.15, -0.1) is 0 Å². The van der Waals surface area contributed by atoms with Gasteiger partial charge in [0.15, 0.2) is 0 Å². The Morgan fingerprint density at radius 2 is 1.86 bits per heavy atom. The lowest BCUT2D eigenvalue weighted by molar-refractivity contribution is -0.111. The predicted octanol–water partition coefficient (Wildman–Crippen LogP) is 5.34. The van der Waals surface area contributed by atoms with Crippen molar-refractivity contribution >= 4 is 40.9 Å². The van der Waals surface area contributed by atoms with Gasteiger partial charge in [0.2, 0.25) is 5.91 Å². The monoisotopic (exact) mass is 493 g/mol. The molecule has 1 fully saturated rings. The van der Waals surface area contributed by atoms with Gasteiger partial charge in [0.1, 0.15) is 11.5 Å². The van der Waals surface area contributed by atoms with Gasteiger partial charge in [-0.3, -0.25) is 9.59 Å². The molecule has 182 valence electrons. The third kappa shape index (κ3) is 6.45. The van der Waals surface area contributed by atoms with Crippen molar-refractivity contribution in [2.45, 2.75) is 13.3 Å². The third-order valence-corrected chi connectivity index (χ3v) is 5.94. The Bertz CT molecular complexity index is 1170. The Morgan fingerprint density at radius 3 is 2.51 bits per heavy atom. The van der Waals surface area contributed by atoms with E-state index in [1.165, 1.54) is 6.08 Å². The van der Waals surface area contributed by atoms with Crippen LogP contribution in [0, 0.1) is 0 Å². The minimum Gasteiger partial charge on any atom is -0.494 e. The third-order valence-electron chi connectivity index (χ3n) is 5.64. The summed E-state index contributed by atoms with van der Waals surface area (Å²) in [5, 5.41) is 3.34. The van der Waals surface area contributed by atoms with Crippen LogP contribution < -0.4 is 15.0 Å². The van der Waals surface area contributed by atoms with E-state index in [1.54, 1.807) is 30.5 Å². The van der Waals surface area contributed by atoms with Gasteiger partial charge in [0.05, 0.1) is 23.6 Å². The molecule has 1 aromatic heterocycles. The number of benzene rings is 2. The summed E-state index contributed by atoms with van der Waals surface area (Å²) in [6.45, 7) is 5.24. The molecule has 2 heterocycles. The highest BCUT2D eigenvalue weighted by molar-refractivity contribution is 6.33. The fourth-order valence-corrected chi connectivity index (χ4v) is 4.12. The summed E-state index contributed by atoms with van der Waals surface area (Å²) in [5.41, 5.74) is 2.13. The molecule has 4 rings (SSSR count). The summed E-state index contributed by atoms with van der Waals surface area (Å²) in [6, 6.07) is 16.3. The van der Waals surface area contributed by atoms with Gasteiger partial charge < -0.3 is 24.3 Å². The van der Waals surface area contributed by atoms with Crippen LogP contribution in [0.5, 0.6) is 5.75 Å². The van der Waals surface area contributed by atoms with Crippen LogP contribution in [0.4, 0.5) is 11.4 Å². The smallest absolute Gasteiger partial charge is 0.253 e. The largest absolute Gasteiger partial charge is 0.494 e. The molecule has 0 unspecified atom stereocenters. The van der Waals surface area contributed by atoms with Crippen molar-refractivity contribution in [3.05, 3.63) is 83.3 Å². The van der Waals surface area contributed by atoms with Crippen LogP contribution in [-0.2, 0) is 4.79 Å². The number of nitrogens with zero attached hydrogens (tertiary/aromatic N) is 2. The second kappa shape index (κ2) is 11.6. The molecule has 1 saturated heterocycles. The van der Waals surface area contributed by atoms with Crippen LogP contribution in [0.15, 0.2) is 71.4 Å². The van der Waals surface area contributed by atoms with Gasteiger partial charge in [-0.25, -0.2) is 0 Å². The lowest BCUT2D eigenvalue weighted by Gasteiger charge is -2.36. The Kier molecular flexibility index (Phi) is 8.11. The zero-order chi connectivity index (χ0) is 24.6. The first-order chi connectivity index (χ1) is 17.0. The minimum absolute atomic E-state index is 0.0125. The molecular formula is C27H28ClN3O4. The van der Waals surface area contributed by atoms with Gasteiger partial charge >= 0.3 is 0 Å². The van der Waals surface area contributed by atoms with E-state index < -0.39 is 0 Å². The molecule has 1 aliphatic rings. The number of rotatable bonds is 8. The zero-order valence-electron chi connectivity index (χ0n) is 19.6. The quantitative estimate of drug-likeness (QED) is 0.429.